The Bertz CT molecular complexity index is 924. The van der Waals surface area contributed by atoms with E-state index in [1.54, 1.807) is 0 Å². The SMILES string of the molecule is CCC(CC)c1ccc(C2=N[C@@H](CC(=O)OC(C)(C)C)C3NNC(C)N3C3SC(C)C(C)C23)cc1. The van der Waals surface area contributed by atoms with Crippen molar-refractivity contribution in [2.24, 2.45) is 16.8 Å². The average molecular weight is 501 g/mol. The van der Waals surface area contributed by atoms with Crippen LogP contribution in [-0.4, -0.2) is 51.2 Å². The maximum absolute atomic E-state index is 12.9. The summed E-state index contributed by atoms with van der Waals surface area (Å²) in [6.45, 7) is 17.2. The lowest BCUT2D eigenvalue weighted by Gasteiger charge is -2.35. The molecule has 3 aliphatic rings. The first-order valence-corrected chi connectivity index (χ1v) is 14.3. The Morgan fingerprint density at radius 3 is 2.37 bits per heavy atom. The van der Waals surface area contributed by atoms with Crippen molar-refractivity contribution in [2.75, 3.05) is 0 Å². The Hall–Kier alpha value is -1.41. The van der Waals surface area contributed by atoms with Crippen LogP contribution in [0.5, 0.6) is 0 Å². The summed E-state index contributed by atoms with van der Waals surface area (Å²) in [5.41, 5.74) is 10.1. The zero-order chi connectivity index (χ0) is 25.5. The van der Waals surface area contributed by atoms with E-state index < -0.39 is 5.60 Å². The van der Waals surface area contributed by atoms with Gasteiger partial charge in [-0.25, -0.2) is 10.9 Å². The molecule has 6 nitrogen and oxygen atoms in total. The molecule has 1 aromatic rings. The van der Waals surface area contributed by atoms with Crippen molar-refractivity contribution < 1.29 is 9.53 Å². The number of rotatable bonds is 6. The largest absolute Gasteiger partial charge is 0.460 e. The number of hydrazine groups is 1. The number of benzene rings is 1. The Morgan fingerprint density at radius 1 is 1.11 bits per heavy atom. The monoisotopic (exact) mass is 500 g/mol. The molecule has 0 amide bonds. The number of hydrogen-bond donors (Lipinski definition) is 2. The van der Waals surface area contributed by atoms with Gasteiger partial charge in [0.15, 0.2) is 0 Å². The van der Waals surface area contributed by atoms with Gasteiger partial charge >= 0.3 is 5.97 Å². The van der Waals surface area contributed by atoms with Crippen LogP contribution in [0.4, 0.5) is 0 Å². The summed E-state index contributed by atoms with van der Waals surface area (Å²) in [4.78, 5) is 20.8. The number of thioether (sulfide) groups is 1. The molecule has 0 bridgehead atoms. The molecule has 0 spiro atoms. The molecule has 0 saturated carbocycles. The number of hydrogen-bond acceptors (Lipinski definition) is 7. The minimum Gasteiger partial charge on any atom is -0.460 e. The van der Waals surface area contributed by atoms with Crippen molar-refractivity contribution in [1.29, 1.82) is 0 Å². The molecular weight excluding hydrogens is 456 g/mol. The predicted molar refractivity (Wildman–Crippen MR) is 145 cm³/mol. The number of nitrogens with one attached hydrogen (secondary N) is 2. The minimum absolute atomic E-state index is 0.0589. The van der Waals surface area contributed by atoms with Crippen LogP contribution in [0.3, 0.4) is 0 Å². The van der Waals surface area contributed by atoms with Crippen molar-refractivity contribution in [1.82, 2.24) is 15.8 Å². The molecule has 1 aromatic carbocycles. The summed E-state index contributed by atoms with van der Waals surface area (Å²) in [6.07, 6.45) is 2.65. The van der Waals surface area contributed by atoms with Crippen LogP contribution in [-0.2, 0) is 9.53 Å². The summed E-state index contributed by atoms with van der Waals surface area (Å²) in [7, 11) is 0. The molecule has 2 saturated heterocycles. The minimum atomic E-state index is -0.510. The van der Waals surface area contributed by atoms with E-state index in [0.717, 1.165) is 18.6 Å². The van der Waals surface area contributed by atoms with Gasteiger partial charge in [0.1, 0.15) is 5.60 Å². The molecule has 0 radical (unpaired) electrons. The van der Waals surface area contributed by atoms with E-state index in [1.165, 1.54) is 11.1 Å². The van der Waals surface area contributed by atoms with Crippen LogP contribution in [0.15, 0.2) is 29.3 Å². The summed E-state index contributed by atoms with van der Waals surface area (Å²) >= 11 is 2.04. The number of ether oxygens (including phenoxy) is 1. The standard InChI is InChI=1S/C28H44N4O2S/c1-9-19(10-2)20-11-13-21(14-12-20)25-24-16(3)17(4)35-27(24)32-18(5)30-31-26(32)22(29-25)15-23(33)34-28(6,7)8/h11-14,16-19,22,24,26-27,30-31H,9-10,15H2,1-8H3/t16?,17?,18?,22-,24?,26?,27?/m0/s1. The summed E-state index contributed by atoms with van der Waals surface area (Å²) in [6, 6.07) is 8.88. The van der Waals surface area contributed by atoms with Gasteiger partial charge in [-0.1, -0.05) is 52.0 Å². The third-order valence-electron chi connectivity index (χ3n) is 7.91. The molecule has 0 aliphatic carbocycles. The molecule has 4 rings (SSSR count). The first-order valence-electron chi connectivity index (χ1n) is 13.4. The molecule has 3 heterocycles. The Labute approximate surface area is 216 Å². The first kappa shape index (κ1) is 26.6. The molecule has 35 heavy (non-hydrogen) atoms. The van der Waals surface area contributed by atoms with Gasteiger partial charge < -0.3 is 4.74 Å². The number of nitrogens with zero attached hydrogens (tertiary/aromatic N) is 2. The third kappa shape index (κ3) is 5.48. The number of aliphatic imine (C=N–C) groups is 1. The third-order valence-corrected chi connectivity index (χ3v) is 9.59. The van der Waals surface area contributed by atoms with Gasteiger partial charge in [-0.05, 0) is 63.5 Å². The zero-order valence-electron chi connectivity index (χ0n) is 22.7. The fourth-order valence-electron chi connectivity index (χ4n) is 5.89. The Kier molecular flexibility index (Phi) is 8.01. The molecule has 2 N–H and O–H groups in total. The quantitative estimate of drug-likeness (QED) is 0.518. The van der Waals surface area contributed by atoms with E-state index >= 15 is 0 Å². The summed E-state index contributed by atoms with van der Waals surface area (Å²) < 4.78 is 5.72. The van der Waals surface area contributed by atoms with Gasteiger partial charge in [-0.2, -0.15) is 0 Å². The fourth-order valence-corrected chi connectivity index (χ4v) is 7.75. The summed E-state index contributed by atoms with van der Waals surface area (Å²) in [5, 5.41) is 0.832. The van der Waals surface area contributed by atoms with E-state index in [2.05, 4.69) is 74.6 Å². The summed E-state index contributed by atoms with van der Waals surface area (Å²) in [5.74, 6) is 1.17. The maximum atomic E-state index is 12.9. The lowest BCUT2D eigenvalue weighted by Crippen LogP contribution is -2.50. The Morgan fingerprint density at radius 2 is 1.77 bits per heavy atom. The lowest BCUT2D eigenvalue weighted by molar-refractivity contribution is -0.155. The van der Waals surface area contributed by atoms with Crippen LogP contribution in [0.2, 0.25) is 0 Å². The predicted octanol–water partition coefficient (Wildman–Crippen LogP) is 5.29. The number of esters is 1. The molecule has 7 atom stereocenters. The first-order chi connectivity index (χ1) is 16.5. The smallest absolute Gasteiger partial charge is 0.308 e. The van der Waals surface area contributed by atoms with Crippen LogP contribution in [0.1, 0.15) is 91.7 Å². The fraction of sp³-hybridized carbons (Fsp3) is 0.714. The van der Waals surface area contributed by atoms with E-state index in [4.69, 9.17) is 9.73 Å². The highest BCUT2D eigenvalue weighted by molar-refractivity contribution is 8.00. The molecular formula is C28H44N4O2S. The van der Waals surface area contributed by atoms with Gasteiger partial charge in [-0.3, -0.25) is 14.7 Å². The average Bonchev–Trinajstić information content (AvgIpc) is 3.26. The number of fused-ring (bicyclic) bond motifs is 3. The molecule has 7 heteroatoms. The molecule has 6 unspecified atom stereocenters. The second-order valence-corrected chi connectivity index (χ2v) is 13.0. The second-order valence-electron chi connectivity index (χ2n) is 11.5. The van der Waals surface area contributed by atoms with Crippen molar-refractivity contribution in [2.45, 2.75) is 115 Å². The molecule has 0 aromatic heterocycles. The number of carbonyl (C=O) groups excluding carboxylic acids is 1. The van der Waals surface area contributed by atoms with Crippen LogP contribution in [0, 0.1) is 11.8 Å². The molecule has 3 aliphatic heterocycles. The highest BCUT2D eigenvalue weighted by Crippen LogP contribution is 2.49. The van der Waals surface area contributed by atoms with Crippen molar-refractivity contribution in [3.05, 3.63) is 35.4 Å². The van der Waals surface area contributed by atoms with E-state index in [-0.39, 0.29) is 30.8 Å². The Balaban J connectivity index is 1.75. The van der Waals surface area contributed by atoms with Gasteiger partial charge in [0.2, 0.25) is 0 Å². The second kappa shape index (κ2) is 10.5. The molecule has 194 valence electrons. The van der Waals surface area contributed by atoms with Gasteiger partial charge in [0, 0.05) is 16.9 Å². The topological polar surface area (TPSA) is 66.0 Å². The van der Waals surface area contributed by atoms with Crippen molar-refractivity contribution in [3.8, 4) is 0 Å². The van der Waals surface area contributed by atoms with Gasteiger partial charge in [0.05, 0.1) is 30.2 Å². The van der Waals surface area contributed by atoms with Crippen molar-refractivity contribution >= 4 is 23.4 Å². The normalized spacial score (nSPS) is 33.3. The number of carbonyl (C=O) groups is 1. The van der Waals surface area contributed by atoms with Crippen LogP contribution < -0.4 is 10.9 Å². The van der Waals surface area contributed by atoms with Crippen LogP contribution >= 0.6 is 11.8 Å². The van der Waals surface area contributed by atoms with E-state index in [0.29, 0.717) is 28.4 Å². The zero-order valence-corrected chi connectivity index (χ0v) is 23.5. The van der Waals surface area contributed by atoms with Gasteiger partial charge in [0.25, 0.3) is 0 Å². The highest BCUT2D eigenvalue weighted by atomic mass is 32.2. The highest BCUT2D eigenvalue weighted by Gasteiger charge is 2.53. The van der Waals surface area contributed by atoms with Crippen molar-refractivity contribution in [3.63, 3.8) is 0 Å². The van der Waals surface area contributed by atoms with E-state index in [1.807, 2.05) is 32.5 Å². The van der Waals surface area contributed by atoms with Gasteiger partial charge in [-0.15, -0.1) is 11.8 Å². The van der Waals surface area contributed by atoms with Crippen LogP contribution in [0.25, 0.3) is 0 Å². The molecule has 2 fully saturated rings. The van der Waals surface area contributed by atoms with E-state index in [9.17, 15) is 4.79 Å². The maximum Gasteiger partial charge on any atom is 0.308 e. The lowest BCUT2D eigenvalue weighted by atomic mass is 9.83.